The Balaban J connectivity index is 1.62. The Labute approximate surface area is 149 Å². The van der Waals surface area contributed by atoms with Crippen LogP contribution in [0.3, 0.4) is 0 Å². The normalized spacial score (nSPS) is 25.3. The molecule has 25 heavy (non-hydrogen) atoms. The van der Waals surface area contributed by atoms with E-state index in [0.717, 1.165) is 44.7 Å². The zero-order chi connectivity index (χ0) is 17.9. The fourth-order valence-corrected chi connectivity index (χ4v) is 4.10. The van der Waals surface area contributed by atoms with E-state index in [0.29, 0.717) is 31.8 Å². The molecule has 0 aromatic carbocycles. The molecule has 7 heteroatoms. The van der Waals surface area contributed by atoms with E-state index in [2.05, 4.69) is 28.9 Å². The maximum absolute atomic E-state index is 12.2. The Bertz CT molecular complexity index is 589. The average Bonchev–Trinajstić information content (AvgIpc) is 3.05. The van der Waals surface area contributed by atoms with Crippen LogP contribution in [0.15, 0.2) is 4.52 Å². The van der Waals surface area contributed by atoms with Crippen LogP contribution >= 0.6 is 0 Å². The molecule has 2 saturated heterocycles. The van der Waals surface area contributed by atoms with E-state index >= 15 is 0 Å². The van der Waals surface area contributed by atoms with Gasteiger partial charge in [-0.1, -0.05) is 19.0 Å². The van der Waals surface area contributed by atoms with Crippen molar-refractivity contribution >= 4 is 5.91 Å². The molecule has 1 amide bonds. The lowest BCUT2D eigenvalue weighted by atomic mass is 9.73. The van der Waals surface area contributed by atoms with Gasteiger partial charge in [-0.15, -0.1) is 0 Å². The summed E-state index contributed by atoms with van der Waals surface area (Å²) in [5.41, 5.74) is 0.169. The second-order valence-electron chi connectivity index (χ2n) is 7.91. The number of aliphatic hydroxyl groups is 1. The van der Waals surface area contributed by atoms with Crippen molar-refractivity contribution in [3.63, 3.8) is 0 Å². The lowest BCUT2D eigenvalue weighted by Gasteiger charge is -2.48. The van der Waals surface area contributed by atoms with Crippen molar-refractivity contribution in [3.8, 4) is 0 Å². The quantitative estimate of drug-likeness (QED) is 0.842. The van der Waals surface area contributed by atoms with Crippen molar-refractivity contribution in [2.45, 2.75) is 58.4 Å². The number of aliphatic hydroxyl groups excluding tert-OH is 1. The van der Waals surface area contributed by atoms with Crippen molar-refractivity contribution in [2.75, 3.05) is 32.8 Å². The standard InChI is InChI=1S/C18H30N4O3/c1-14(2)17-19-15(25-20-17)11-21-8-3-6-18(12-21)7-5-16(24)22(13-18)9-4-10-23/h14,23H,3-13H2,1-2H3/t18-/m1/s1. The Morgan fingerprint density at radius 2 is 2.16 bits per heavy atom. The van der Waals surface area contributed by atoms with Crippen molar-refractivity contribution < 1.29 is 14.4 Å². The van der Waals surface area contributed by atoms with Crippen LogP contribution in [0, 0.1) is 5.41 Å². The van der Waals surface area contributed by atoms with E-state index in [1.54, 1.807) is 0 Å². The number of rotatable bonds is 6. The highest BCUT2D eigenvalue weighted by Crippen LogP contribution is 2.39. The van der Waals surface area contributed by atoms with Crippen LogP contribution < -0.4 is 0 Å². The first-order chi connectivity index (χ1) is 12.0. The minimum atomic E-state index is 0.137. The summed E-state index contributed by atoms with van der Waals surface area (Å²) in [6.45, 7) is 8.42. The molecule has 140 valence electrons. The number of piperidine rings is 2. The fourth-order valence-electron chi connectivity index (χ4n) is 4.10. The summed E-state index contributed by atoms with van der Waals surface area (Å²) < 4.78 is 5.40. The van der Waals surface area contributed by atoms with E-state index < -0.39 is 0 Å². The molecule has 2 aliphatic rings. The van der Waals surface area contributed by atoms with Gasteiger partial charge in [-0.05, 0) is 32.2 Å². The number of likely N-dealkylation sites (tertiary alicyclic amines) is 2. The van der Waals surface area contributed by atoms with Gasteiger partial charge in [0.25, 0.3) is 0 Å². The highest BCUT2D eigenvalue weighted by atomic mass is 16.5. The van der Waals surface area contributed by atoms with Gasteiger partial charge in [-0.3, -0.25) is 9.69 Å². The third-order valence-electron chi connectivity index (χ3n) is 5.43. The van der Waals surface area contributed by atoms with Gasteiger partial charge in [0.05, 0.1) is 6.54 Å². The molecule has 1 N–H and O–H groups in total. The molecule has 0 saturated carbocycles. The van der Waals surface area contributed by atoms with Crippen LogP contribution in [0.1, 0.15) is 63.6 Å². The molecule has 0 unspecified atom stereocenters. The van der Waals surface area contributed by atoms with Crippen molar-refractivity contribution in [3.05, 3.63) is 11.7 Å². The highest BCUT2D eigenvalue weighted by molar-refractivity contribution is 5.77. The zero-order valence-electron chi connectivity index (χ0n) is 15.4. The molecule has 2 aliphatic heterocycles. The highest BCUT2D eigenvalue weighted by Gasteiger charge is 2.41. The molecule has 0 bridgehead atoms. The van der Waals surface area contributed by atoms with Crippen molar-refractivity contribution in [1.82, 2.24) is 19.9 Å². The summed E-state index contributed by atoms with van der Waals surface area (Å²) in [5, 5.41) is 13.1. The van der Waals surface area contributed by atoms with Gasteiger partial charge in [0.1, 0.15) is 0 Å². The van der Waals surface area contributed by atoms with E-state index in [1.807, 2.05) is 4.90 Å². The van der Waals surface area contributed by atoms with Crippen molar-refractivity contribution in [2.24, 2.45) is 5.41 Å². The first-order valence-electron chi connectivity index (χ1n) is 9.45. The summed E-state index contributed by atoms with van der Waals surface area (Å²) in [4.78, 5) is 21.0. The van der Waals surface area contributed by atoms with Gasteiger partial charge in [0.2, 0.25) is 11.8 Å². The first-order valence-corrected chi connectivity index (χ1v) is 9.45. The van der Waals surface area contributed by atoms with Crippen LogP contribution in [-0.4, -0.2) is 63.7 Å². The third-order valence-corrected chi connectivity index (χ3v) is 5.43. The van der Waals surface area contributed by atoms with Crippen LogP contribution in [0.4, 0.5) is 0 Å². The smallest absolute Gasteiger partial charge is 0.240 e. The number of hydrogen-bond donors (Lipinski definition) is 1. The Hall–Kier alpha value is -1.47. The minimum absolute atomic E-state index is 0.137. The SMILES string of the molecule is CC(C)c1noc(CN2CCC[C@@]3(CCC(=O)N(CCCO)C3)C2)n1. The molecule has 0 radical (unpaired) electrons. The monoisotopic (exact) mass is 350 g/mol. The lowest BCUT2D eigenvalue weighted by molar-refractivity contribution is -0.139. The number of carbonyl (C=O) groups is 1. The zero-order valence-corrected chi connectivity index (χ0v) is 15.4. The van der Waals surface area contributed by atoms with Gasteiger partial charge in [-0.25, -0.2) is 0 Å². The summed E-state index contributed by atoms with van der Waals surface area (Å²) in [5.74, 6) is 1.95. The van der Waals surface area contributed by atoms with E-state index in [-0.39, 0.29) is 23.8 Å². The Kier molecular flexibility index (Phi) is 5.74. The topological polar surface area (TPSA) is 82.7 Å². The molecular formula is C18H30N4O3. The van der Waals surface area contributed by atoms with E-state index in [1.165, 1.54) is 0 Å². The minimum Gasteiger partial charge on any atom is -0.396 e. The molecule has 1 spiro atoms. The first kappa shape index (κ1) is 18.3. The molecule has 1 aromatic heterocycles. The molecule has 2 fully saturated rings. The fraction of sp³-hybridized carbons (Fsp3) is 0.833. The molecule has 3 rings (SSSR count). The summed E-state index contributed by atoms with van der Waals surface area (Å²) in [6, 6.07) is 0. The average molecular weight is 350 g/mol. The van der Waals surface area contributed by atoms with Crippen LogP contribution in [-0.2, 0) is 11.3 Å². The van der Waals surface area contributed by atoms with Gasteiger partial charge in [0, 0.05) is 44.0 Å². The maximum atomic E-state index is 12.2. The van der Waals surface area contributed by atoms with Gasteiger partial charge >= 0.3 is 0 Å². The Morgan fingerprint density at radius 1 is 1.32 bits per heavy atom. The van der Waals surface area contributed by atoms with Crippen LogP contribution in [0.25, 0.3) is 0 Å². The third kappa shape index (κ3) is 4.39. The van der Waals surface area contributed by atoms with Crippen molar-refractivity contribution in [1.29, 1.82) is 0 Å². The maximum Gasteiger partial charge on any atom is 0.240 e. The number of aromatic nitrogens is 2. The lowest BCUT2D eigenvalue weighted by Crippen LogP contribution is -2.54. The summed E-state index contributed by atoms with van der Waals surface area (Å²) in [6.07, 6.45) is 4.53. The van der Waals surface area contributed by atoms with Gasteiger partial charge in [0.15, 0.2) is 5.82 Å². The van der Waals surface area contributed by atoms with E-state index in [9.17, 15) is 4.79 Å². The second-order valence-corrected chi connectivity index (χ2v) is 7.91. The molecule has 7 nitrogen and oxygen atoms in total. The molecule has 0 aliphatic carbocycles. The van der Waals surface area contributed by atoms with Gasteiger partial charge < -0.3 is 14.5 Å². The number of hydrogen-bond acceptors (Lipinski definition) is 6. The second kappa shape index (κ2) is 7.83. The number of carbonyl (C=O) groups excluding carboxylic acids is 1. The summed E-state index contributed by atoms with van der Waals surface area (Å²) >= 11 is 0. The van der Waals surface area contributed by atoms with Crippen LogP contribution in [0.2, 0.25) is 0 Å². The Morgan fingerprint density at radius 3 is 2.88 bits per heavy atom. The molecule has 1 atom stereocenters. The van der Waals surface area contributed by atoms with Crippen LogP contribution in [0.5, 0.6) is 0 Å². The number of nitrogens with zero attached hydrogens (tertiary/aromatic N) is 4. The predicted octanol–water partition coefficient (Wildman–Crippen LogP) is 1.78. The largest absolute Gasteiger partial charge is 0.396 e. The molecule has 1 aromatic rings. The molecule has 3 heterocycles. The predicted molar refractivity (Wildman–Crippen MR) is 92.8 cm³/mol. The van der Waals surface area contributed by atoms with E-state index in [4.69, 9.17) is 9.63 Å². The molecular weight excluding hydrogens is 320 g/mol. The summed E-state index contributed by atoms with van der Waals surface area (Å²) in [7, 11) is 0. The van der Waals surface area contributed by atoms with Gasteiger partial charge in [-0.2, -0.15) is 4.98 Å². The number of amides is 1.